The average Bonchev–Trinajstić information content (AvgIpc) is 2.46. The molecule has 76 valence electrons. The van der Waals surface area contributed by atoms with Crippen LogP contribution in [0.4, 0.5) is 13.2 Å². The van der Waals surface area contributed by atoms with Gasteiger partial charge in [0.15, 0.2) is 0 Å². The van der Waals surface area contributed by atoms with Gasteiger partial charge in [0.2, 0.25) is 0 Å². The predicted molar refractivity (Wildman–Crippen MR) is 46.7 cm³/mol. The summed E-state index contributed by atoms with van der Waals surface area (Å²) in [6.07, 6.45) is -2.73. The van der Waals surface area contributed by atoms with E-state index in [1.807, 2.05) is 0 Å². The predicted octanol–water partition coefficient (Wildman–Crippen LogP) is 2.65. The lowest BCUT2D eigenvalue weighted by Crippen LogP contribution is -2.09. The molecule has 0 bridgehead atoms. The Kier molecular flexibility index (Phi) is 2.03. The number of hydrogen-bond donors (Lipinski definition) is 1. The first-order valence-corrected chi connectivity index (χ1v) is 4.44. The van der Waals surface area contributed by atoms with Crippen LogP contribution in [0.3, 0.4) is 0 Å². The van der Waals surface area contributed by atoms with Crippen molar-refractivity contribution in [1.29, 1.82) is 0 Å². The Balaban J connectivity index is 2.45. The second-order valence-electron chi connectivity index (χ2n) is 3.56. The molecule has 0 heterocycles. The average molecular weight is 201 g/mol. The molecule has 0 saturated heterocycles. The van der Waals surface area contributed by atoms with Gasteiger partial charge in [0.05, 0.1) is 5.56 Å². The van der Waals surface area contributed by atoms with Crippen molar-refractivity contribution >= 4 is 0 Å². The van der Waals surface area contributed by atoms with E-state index < -0.39 is 11.7 Å². The molecule has 1 nitrogen and oxygen atoms in total. The van der Waals surface area contributed by atoms with Crippen LogP contribution in [0.2, 0.25) is 0 Å². The molecule has 4 heteroatoms. The third kappa shape index (κ3) is 1.50. The lowest BCUT2D eigenvalue weighted by molar-refractivity contribution is -0.137. The Labute approximate surface area is 79.7 Å². The summed E-state index contributed by atoms with van der Waals surface area (Å²) in [5.41, 5.74) is 6.69. The third-order valence-corrected chi connectivity index (χ3v) is 2.60. The van der Waals surface area contributed by atoms with Gasteiger partial charge >= 0.3 is 6.18 Å². The molecule has 1 unspecified atom stereocenters. The van der Waals surface area contributed by atoms with Crippen LogP contribution in [0, 0.1) is 0 Å². The van der Waals surface area contributed by atoms with Crippen molar-refractivity contribution in [3.63, 3.8) is 0 Å². The smallest absolute Gasteiger partial charge is 0.324 e. The summed E-state index contributed by atoms with van der Waals surface area (Å²) in [6.45, 7) is 0. The number of aryl methyl sites for hydroxylation is 1. The molecule has 0 fully saturated rings. The van der Waals surface area contributed by atoms with Crippen LogP contribution in [-0.4, -0.2) is 0 Å². The number of nitrogens with two attached hydrogens (primary N) is 1. The Bertz CT molecular complexity index is 357. The summed E-state index contributed by atoms with van der Waals surface area (Å²) in [5, 5.41) is 0. The summed E-state index contributed by atoms with van der Waals surface area (Å²) in [5.74, 6) is 0. The van der Waals surface area contributed by atoms with Crippen molar-refractivity contribution in [2.75, 3.05) is 0 Å². The first-order valence-electron chi connectivity index (χ1n) is 4.44. The van der Waals surface area contributed by atoms with Crippen LogP contribution in [-0.2, 0) is 12.6 Å². The number of rotatable bonds is 0. The van der Waals surface area contributed by atoms with E-state index in [0.717, 1.165) is 24.5 Å². The molecule has 1 aromatic rings. The molecule has 0 amide bonds. The summed E-state index contributed by atoms with van der Waals surface area (Å²) in [4.78, 5) is 0. The lowest BCUT2D eigenvalue weighted by Gasteiger charge is -2.10. The van der Waals surface area contributed by atoms with Crippen LogP contribution >= 0.6 is 0 Å². The van der Waals surface area contributed by atoms with E-state index >= 15 is 0 Å². The molecular weight excluding hydrogens is 191 g/mol. The Morgan fingerprint density at radius 3 is 2.64 bits per heavy atom. The Hall–Kier alpha value is -1.03. The molecule has 1 atom stereocenters. The molecule has 1 aliphatic carbocycles. The maximum atomic E-state index is 12.3. The molecule has 1 aliphatic rings. The molecule has 14 heavy (non-hydrogen) atoms. The fraction of sp³-hybridized carbons (Fsp3) is 0.400. The second kappa shape index (κ2) is 2.98. The highest BCUT2D eigenvalue weighted by atomic mass is 19.4. The van der Waals surface area contributed by atoms with E-state index in [0.29, 0.717) is 5.56 Å². The number of benzene rings is 1. The van der Waals surface area contributed by atoms with Crippen LogP contribution in [0.5, 0.6) is 0 Å². The fourth-order valence-corrected chi connectivity index (χ4v) is 1.81. The number of alkyl halides is 3. The highest BCUT2D eigenvalue weighted by Gasteiger charge is 2.32. The molecule has 1 aromatic carbocycles. The van der Waals surface area contributed by atoms with Crippen molar-refractivity contribution in [2.45, 2.75) is 25.1 Å². The van der Waals surface area contributed by atoms with Crippen LogP contribution < -0.4 is 5.73 Å². The van der Waals surface area contributed by atoms with Crippen molar-refractivity contribution < 1.29 is 13.2 Å². The maximum Gasteiger partial charge on any atom is 0.416 e. The zero-order valence-electron chi connectivity index (χ0n) is 7.43. The molecular formula is C10H10F3N. The van der Waals surface area contributed by atoms with Gasteiger partial charge in [-0.15, -0.1) is 0 Å². The van der Waals surface area contributed by atoms with Gasteiger partial charge in [-0.05, 0) is 36.1 Å². The highest BCUT2D eigenvalue weighted by Crippen LogP contribution is 2.35. The largest absolute Gasteiger partial charge is 0.416 e. The van der Waals surface area contributed by atoms with Gasteiger partial charge in [-0.1, -0.05) is 6.07 Å². The lowest BCUT2D eigenvalue weighted by atomic mass is 10.0. The van der Waals surface area contributed by atoms with Crippen molar-refractivity contribution in [1.82, 2.24) is 0 Å². The van der Waals surface area contributed by atoms with Gasteiger partial charge in [-0.2, -0.15) is 13.2 Å². The molecule has 2 rings (SSSR count). The van der Waals surface area contributed by atoms with Gasteiger partial charge in [0, 0.05) is 6.04 Å². The summed E-state index contributed by atoms with van der Waals surface area (Å²) >= 11 is 0. The quantitative estimate of drug-likeness (QED) is 0.686. The third-order valence-electron chi connectivity index (χ3n) is 2.60. The zero-order chi connectivity index (χ0) is 10.3. The molecule has 0 aromatic heterocycles. The van der Waals surface area contributed by atoms with E-state index in [-0.39, 0.29) is 6.04 Å². The maximum absolute atomic E-state index is 12.3. The SMILES string of the molecule is NC1CCc2ccc(C(F)(F)F)cc21. The molecule has 2 N–H and O–H groups in total. The normalized spacial score (nSPS) is 21.0. The summed E-state index contributed by atoms with van der Waals surface area (Å²) in [6, 6.07) is 3.60. The topological polar surface area (TPSA) is 26.0 Å². The first-order chi connectivity index (χ1) is 6.48. The second-order valence-corrected chi connectivity index (χ2v) is 3.56. The van der Waals surface area contributed by atoms with Crippen LogP contribution in [0.15, 0.2) is 18.2 Å². The van der Waals surface area contributed by atoms with Gasteiger partial charge in [-0.25, -0.2) is 0 Å². The minimum Gasteiger partial charge on any atom is -0.324 e. The highest BCUT2D eigenvalue weighted by molar-refractivity contribution is 5.38. The van der Waals surface area contributed by atoms with Gasteiger partial charge in [0.1, 0.15) is 0 Å². The minimum atomic E-state index is -4.27. The van der Waals surface area contributed by atoms with Crippen LogP contribution in [0.25, 0.3) is 0 Å². The van der Waals surface area contributed by atoms with E-state index in [1.165, 1.54) is 12.1 Å². The first kappa shape index (κ1) is 9.52. The molecule has 0 spiro atoms. The Morgan fingerprint density at radius 1 is 1.29 bits per heavy atom. The van der Waals surface area contributed by atoms with Gasteiger partial charge in [0.25, 0.3) is 0 Å². The van der Waals surface area contributed by atoms with Crippen molar-refractivity contribution in [2.24, 2.45) is 5.73 Å². The molecule has 0 saturated carbocycles. The zero-order valence-corrected chi connectivity index (χ0v) is 7.43. The van der Waals surface area contributed by atoms with E-state index in [1.54, 1.807) is 0 Å². The number of halogens is 3. The van der Waals surface area contributed by atoms with Crippen molar-refractivity contribution in [3.8, 4) is 0 Å². The number of fused-ring (bicyclic) bond motifs is 1. The van der Waals surface area contributed by atoms with Gasteiger partial charge in [-0.3, -0.25) is 0 Å². The monoisotopic (exact) mass is 201 g/mol. The summed E-state index contributed by atoms with van der Waals surface area (Å²) in [7, 11) is 0. The standard InChI is InChI=1S/C10H10F3N/c11-10(12,13)7-3-1-6-2-4-9(14)8(6)5-7/h1,3,5,9H,2,4,14H2. The van der Waals surface area contributed by atoms with Gasteiger partial charge < -0.3 is 5.73 Å². The number of hydrogen-bond acceptors (Lipinski definition) is 1. The van der Waals surface area contributed by atoms with Crippen molar-refractivity contribution in [3.05, 3.63) is 34.9 Å². The van der Waals surface area contributed by atoms with E-state index in [2.05, 4.69) is 0 Å². The molecule has 0 aliphatic heterocycles. The van der Waals surface area contributed by atoms with E-state index in [4.69, 9.17) is 5.73 Å². The summed E-state index contributed by atoms with van der Waals surface area (Å²) < 4.78 is 37.0. The van der Waals surface area contributed by atoms with Crippen LogP contribution in [0.1, 0.15) is 29.2 Å². The molecule has 0 radical (unpaired) electrons. The Morgan fingerprint density at radius 2 is 2.00 bits per heavy atom. The fourth-order valence-electron chi connectivity index (χ4n) is 1.81. The minimum absolute atomic E-state index is 0.229. The van der Waals surface area contributed by atoms with E-state index in [9.17, 15) is 13.2 Å².